The number of nitrogens with zero attached hydrogens (tertiary/aromatic N) is 1. The smallest absolute Gasteiger partial charge is 0.224 e. The molecule has 1 fully saturated rings. The highest BCUT2D eigenvalue weighted by atomic mass is 127. The number of amides is 1. The second kappa shape index (κ2) is 7.88. The Morgan fingerprint density at radius 1 is 1.17 bits per heavy atom. The zero-order valence-electron chi connectivity index (χ0n) is 12.8. The van der Waals surface area contributed by atoms with Gasteiger partial charge in [0.15, 0.2) is 0 Å². The molecular weight excluding hydrogens is 401 g/mol. The number of aromatic nitrogens is 1. The first-order chi connectivity index (χ1) is 11.2. The van der Waals surface area contributed by atoms with E-state index in [-0.39, 0.29) is 17.9 Å². The SMILES string of the molecule is O=C(NC(c1ccc(I)cc1)c1ccccn1)C1CCNCC1. The summed E-state index contributed by atoms with van der Waals surface area (Å²) in [6.07, 6.45) is 3.56. The zero-order chi connectivity index (χ0) is 16.1. The van der Waals surface area contributed by atoms with Gasteiger partial charge >= 0.3 is 0 Å². The van der Waals surface area contributed by atoms with Gasteiger partial charge in [0.1, 0.15) is 0 Å². The van der Waals surface area contributed by atoms with Crippen LogP contribution >= 0.6 is 22.6 Å². The van der Waals surface area contributed by atoms with E-state index in [0.29, 0.717) is 0 Å². The number of piperidine rings is 1. The first-order valence-corrected chi connectivity index (χ1v) is 8.99. The van der Waals surface area contributed by atoms with E-state index in [1.165, 1.54) is 3.57 Å². The first-order valence-electron chi connectivity index (χ1n) is 7.91. The number of pyridine rings is 1. The van der Waals surface area contributed by atoms with Crippen molar-refractivity contribution in [3.05, 3.63) is 63.5 Å². The maximum absolute atomic E-state index is 12.7. The summed E-state index contributed by atoms with van der Waals surface area (Å²) in [6.45, 7) is 1.83. The number of carbonyl (C=O) groups excluding carboxylic acids is 1. The minimum absolute atomic E-state index is 0.0892. The minimum Gasteiger partial charge on any atom is -0.343 e. The highest BCUT2D eigenvalue weighted by Crippen LogP contribution is 2.23. The van der Waals surface area contributed by atoms with Crippen LogP contribution in [0.2, 0.25) is 0 Å². The molecule has 1 saturated heterocycles. The van der Waals surface area contributed by atoms with Gasteiger partial charge in [-0.1, -0.05) is 18.2 Å². The predicted molar refractivity (Wildman–Crippen MR) is 99.0 cm³/mol. The molecule has 0 aliphatic carbocycles. The average Bonchev–Trinajstić information content (AvgIpc) is 2.62. The maximum Gasteiger partial charge on any atom is 0.224 e. The van der Waals surface area contributed by atoms with Crippen LogP contribution in [0.25, 0.3) is 0 Å². The van der Waals surface area contributed by atoms with E-state index < -0.39 is 0 Å². The summed E-state index contributed by atoms with van der Waals surface area (Å²) in [7, 11) is 0. The van der Waals surface area contributed by atoms with Crippen LogP contribution in [0.1, 0.15) is 30.1 Å². The maximum atomic E-state index is 12.7. The Kier molecular flexibility index (Phi) is 5.61. The van der Waals surface area contributed by atoms with E-state index in [2.05, 4.69) is 62.5 Å². The molecule has 1 aromatic heterocycles. The standard InChI is InChI=1S/C18H20IN3O/c19-15-6-4-13(5-7-15)17(16-3-1-2-10-21-16)22-18(23)14-8-11-20-12-9-14/h1-7,10,14,17,20H,8-9,11-12H2,(H,22,23). The summed E-state index contributed by atoms with van der Waals surface area (Å²) >= 11 is 2.29. The van der Waals surface area contributed by atoms with Crippen molar-refractivity contribution in [2.75, 3.05) is 13.1 Å². The van der Waals surface area contributed by atoms with Gasteiger partial charge in [0.2, 0.25) is 5.91 Å². The van der Waals surface area contributed by atoms with Gasteiger partial charge in [-0.05, 0) is 78.4 Å². The Balaban J connectivity index is 1.83. The van der Waals surface area contributed by atoms with Gasteiger partial charge in [0.25, 0.3) is 0 Å². The molecule has 1 aliphatic rings. The highest BCUT2D eigenvalue weighted by Gasteiger charge is 2.25. The fraction of sp³-hybridized carbons (Fsp3) is 0.333. The molecular formula is C18H20IN3O. The molecule has 1 aromatic carbocycles. The van der Waals surface area contributed by atoms with Gasteiger partial charge in [-0.25, -0.2) is 0 Å². The van der Waals surface area contributed by atoms with E-state index in [9.17, 15) is 4.79 Å². The van der Waals surface area contributed by atoms with E-state index >= 15 is 0 Å². The van der Waals surface area contributed by atoms with Gasteiger partial charge in [-0.15, -0.1) is 0 Å². The molecule has 1 atom stereocenters. The molecule has 2 N–H and O–H groups in total. The molecule has 1 aliphatic heterocycles. The third-order valence-electron chi connectivity index (χ3n) is 4.18. The molecule has 0 saturated carbocycles. The molecule has 2 heterocycles. The molecule has 23 heavy (non-hydrogen) atoms. The lowest BCUT2D eigenvalue weighted by atomic mass is 9.95. The lowest BCUT2D eigenvalue weighted by Gasteiger charge is -2.25. The van der Waals surface area contributed by atoms with E-state index in [0.717, 1.165) is 37.2 Å². The second-order valence-corrected chi connectivity index (χ2v) is 7.02. The molecule has 0 spiro atoms. The highest BCUT2D eigenvalue weighted by molar-refractivity contribution is 14.1. The van der Waals surface area contributed by atoms with Crippen LogP contribution in [0.5, 0.6) is 0 Å². The number of benzene rings is 1. The zero-order valence-corrected chi connectivity index (χ0v) is 15.0. The van der Waals surface area contributed by atoms with Crippen LogP contribution in [0.4, 0.5) is 0 Å². The average molecular weight is 421 g/mol. The third-order valence-corrected chi connectivity index (χ3v) is 4.90. The molecule has 1 amide bonds. The molecule has 2 aromatic rings. The lowest BCUT2D eigenvalue weighted by Crippen LogP contribution is -2.40. The summed E-state index contributed by atoms with van der Waals surface area (Å²) in [4.78, 5) is 17.1. The van der Waals surface area contributed by atoms with Crippen molar-refractivity contribution in [2.45, 2.75) is 18.9 Å². The predicted octanol–water partition coefficient (Wildman–Crippen LogP) is 2.89. The van der Waals surface area contributed by atoms with Crippen LogP contribution in [0.15, 0.2) is 48.7 Å². The Morgan fingerprint density at radius 3 is 2.57 bits per heavy atom. The van der Waals surface area contributed by atoms with Crippen LogP contribution in [0.3, 0.4) is 0 Å². The quantitative estimate of drug-likeness (QED) is 0.747. The summed E-state index contributed by atoms with van der Waals surface area (Å²) in [5, 5.41) is 6.51. The first kappa shape index (κ1) is 16.4. The van der Waals surface area contributed by atoms with Crippen molar-refractivity contribution < 1.29 is 4.79 Å². The summed E-state index contributed by atoms with van der Waals surface area (Å²) in [5.74, 6) is 0.215. The fourth-order valence-corrected chi connectivity index (χ4v) is 3.23. The van der Waals surface area contributed by atoms with Crippen molar-refractivity contribution in [1.82, 2.24) is 15.6 Å². The normalized spacial score (nSPS) is 16.7. The van der Waals surface area contributed by atoms with Gasteiger partial charge < -0.3 is 10.6 Å². The van der Waals surface area contributed by atoms with Gasteiger partial charge in [0.05, 0.1) is 11.7 Å². The summed E-state index contributed by atoms with van der Waals surface area (Å²) in [6, 6.07) is 13.8. The fourth-order valence-electron chi connectivity index (χ4n) is 2.87. The Bertz CT molecular complexity index is 639. The van der Waals surface area contributed by atoms with Gasteiger partial charge in [-0.3, -0.25) is 9.78 Å². The molecule has 1 unspecified atom stereocenters. The molecule has 0 radical (unpaired) electrons. The largest absolute Gasteiger partial charge is 0.343 e. The molecule has 3 rings (SSSR count). The summed E-state index contributed by atoms with van der Waals surface area (Å²) in [5.41, 5.74) is 1.93. The van der Waals surface area contributed by atoms with Crippen molar-refractivity contribution in [3.63, 3.8) is 0 Å². The van der Waals surface area contributed by atoms with E-state index in [1.807, 2.05) is 18.2 Å². The molecule has 120 valence electrons. The Labute approximate surface area is 150 Å². The Hall–Kier alpha value is -1.47. The van der Waals surface area contributed by atoms with Crippen molar-refractivity contribution in [3.8, 4) is 0 Å². The van der Waals surface area contributed by atoms with Gasteiger partial charge in [0, 0.05) is 15.7 Å². The van der Waals surface area contributed by atoms with E-state index in [4.69, 9.17) is 0 Å². The molecule has 0 bridgehead atoms. The van der Waals surface area contributed by atoms with Crippen LogP contribution in [-0.4, -0.2) is 24.0 Å². The molecule has 4 nitrogen and oxygen atoms in total. The number of carbonyl (C=O) groups is 1. The third kappa shape index (κ3) is 4.29. The number of hydrogen-bond donors (Lipinski definition) is 2. The molecule has 5 heteroatoms. The second-order valence-electron chi connectivity index (χ2n) is 5.77. The van der Waals surface area contributed by atoms with Crippen molar-refractivity contribution in [2.24, 2.45) is 5.92 Å². The number of hydrogen-bond acceptors (Lipinski definition) is 3. The van der Waals surface area contributed by atoms with Crippen molar-refractivity contribution in [1.29, 1.82) is 0 Å². The number of halogens is 1. The van der Waals surface area contributed by atoms with Gasteiger partial charge in [-0.2, -0.15) is 0 Å². The minimum atomic E-state index is -0.199. The lowest BCUT2D eigenvalue weighted by molar-refractivity contribution is -0.126. The topological polar surface area (TPSA) is 54.0 Å². The monoisotopic (exact) mass is 421 g/mol. The van der Waals surface area contributed by atoms with Crippen LogP contribution < -0.4 is 10.6 Å². The van der Waals surface area contributed by atoms with Crippen molar-refractivity contribution >= 4 is 28.5 Å². The van der Waals surface area contributed by atoms with Crippen LogP contribution in [-0.2, 0) is 4.79 Å². The van der Waals surface area contributed by atoms with Crippen LogP contribution in [0, 0.1) is 9.49 Å². The summed E-state index contributed by atoms with van der Waals surface area (Å²) < 4.78 is 1.18. The Morgan fingerprint density at radius 2 is 1.91 bits per heavy atom. The number of rotatable bonds is 4. The number of nitrogens with one attached hydrogen (secondary N) is 2. The van der Waals surface area contributed by atoms with E-state index in [1.54, 1.807) is 6.20 Å².